The van der Waals surface area contributed by atoms with Gasteiger partial charge in [-0.3, -0.25) is 9.80 Å². The Labute approximate surface area is 100 Å². The Morgan fingerprint density at radius 3 is 2.44 bits per heavy atom. The van der Waals surface area contributed by atoms with E-state index in [4.69, 9.17) is 0 Å². The first kappa shape index (κ1) is 12.3. The highest BCUT2D eigenvalue weighted by Crippen LogP contribution is 2.27. The Morgan fingerprint density at radius 2 is 1.88 bits per heavy atom. The fraction of sp³-hybridized carbons (Fsp3) is 1.00. The molecule has 2 fully saturated rings. The molecule has 1 aliphatic carbocycles. The fourth-order valence-electron chi connectivity index (χ4n) is 2.74. The van der Waals surface area contributed by atoms with Gasteiger partial charge in [-0.25, -0.2) is 0 Å². The van der Waals surface area contributed by atoms with Gasteiger partial charge < -0.3 is 5.32 Å². The zero-order valence-electron chi connectivity index (χ0n) is 10.9. The van der Waals surface area contributed by atoms with Crippen molar-refractivity contribution in [2.24, 2.45) is 0 Å². The highest BCUT2D eigenvalue weighted by atomic mass is 15.3. The van der Waals surface area contributed by atoms with Crippen LogP contribution in [0.15, 0.2) is 0 Å². The maximum atomic E-state index is 3.23. The minimum absolute atomic E-state index is 0.773. The molecule has 1 unspecified atom stereocenters. The summed E-state index contributed by atoms with van der Waals surface area (Å²) in [5.74, 6) is 0. The summed E-state index contributed by atoms with van der Waals surface area (Å²) in [6.07, 6.45) is 5.56. The number of nitrogens with one attached hydrogen (secondary N) is 1. The van der Waals surface area contributed by atoms with E-state index in [1.165, 1.54) is 51.9 Å². The van der Waals surface area contributed by atoms with Crippen LogP contribution in [0.4, 0.5) is 0 Å². The minimum Gasteiger partial charge on any atom is -0.320 e. The van der Waals surface area contributed by atoms with Crippen LogP contribution in [0.5, 0.6) is 0 Å². The lowest BCUT2D eigenvalue weighted by Gasteiger charge is -2.38. The molecule has 94 valence electrons. The van der Waals surface area contributed by atoms with Crippen molar-refractivity contribution in [3.63, 3.8) is 0 Å². The molecule has 3 heteroatoms. The average molecular weight is 225 g/mol. The second-order valence-electron chi connectivity index (χ2n) is 5.40. The van der Waals surface area contributed by atoms with Crippen molar-refractivity contribution in [1.82, 2.24) is 15.1 Å². The van der Waals surface area contributed by atoms with Gasteiger partial charge in [0.15, 0.2) is 0 Å². The van der Waals surface area contributed by atoms with Crippen LogP contribution >= 0.6 is 0 Å². The molecule has 1 N–H and O–H groups in total. The zero-order valence-corrected chi connectivity index (χ0v) is 10.9. The van der Waals surface area contributed by atoms with E-state index in [1.807, 2.05) is 7.05 Å². The topological polar surface area (TPSA) is 18.5 Å². The lowest BCUT2D eigenvalue weighted by Crippen LogP contribution is -2.50. The minimum atomic E-state index is 0.773. The Hall–Kier alpha value is -0.120. The molecule has 0 radical (unpaired) electrons. The first-order valence-electron chi connectivity index (χ1n) is 6.94. The highest BCUT2D eigenvalue weighted by molar-refractivity contribution is 4.88. The Morgan fingerprint density at radius 1 is 1.19 bits per heavy atom. The predicted octanol–water partition coefficient (Wildman–Crippen LogP) is 1.15. The summed E-state index contributed by atoms with van der Waals surface area (Å²) in [5, 5.41) is 3.23. The van der Waals surface area contributed by atoms with E-state index in [1.54, 1.807) is 0 Å². The van der Waals surface area contributed by atoms with Crippen LogP contribution in [0.3, 0.4) is 0 Å². The molecule has 0 spiro atoms. The van der Waals surface area contributed by atoms with Gasteiger partial charge in [0.2, 0.25) is 0 Å². The molecule has 16 heavy (non-hydrogen) atoms. The van der Waals surface area contributed by atoms with E-state index < -0.39 is 0 Å². The van der Waals surface area contributed by atoms with Crippen LogP contribution in [0.1, 0.15) is 32.6 Å². The Bertz CT molecular complexity index is 195. The number of piperazine rings is 1. The molecule has 0 aromatic carbocycles. The molecule has 1 saturated heterocycles. The lowest BCUT2D eigenvalue weighted by atomic mass is 10.1. The first-order valence-corrected chi connectivity index (χ1v) is 6.94. The molecule has 1 atom stereocenters. The molecule has 2 aliphatic rings. The summed E-state index contributed by atoms with van der Waals surface area (Å²) in [7, 11) is 2.04. The van der Waals surface area contributed by atoms with Crippen molar-refractivity contribution < 1.29 is 0 Å². The normalized spacial score (nSPS) is 25.9. The molecule has 1 saturated carbocycles. The van der Waals surface area contributed by atoms with Gasteiger partial charge in [-0.2, -0.15) is 0 Å². The van der Waals surface area contributed by atoms with E-state index >= 15 is 0 Å². The van der Waals surface area contributed by atoms with E-state index in [0.29, 0.717) is 0 Å². The molecule has 0 amide bonds. The van der Waals surface area contributed by atoms with Gasteiger partial charge in [0.25, 0.3) is 0 Å². The van der Waals surface area contributed by atoms with Crippen molar-refractivity contribution in [2.45, 2.75) is 44.7 Å². The molecular weight excluding hydrogens is 198 g/mol. The molecule has 0 aromatic rings. The summed E-state index contributed by atoms with van der Waals surface area (Å²) in [6.45, 7) is 8.74. The summed E-state index contributed by atoms with van der Waals surface area (Å²) in [4.78, 5) is 5.37. The van der Waals surface area contributed by atoms with Gasteiger partial charge in [-0.15, -0.1) is 0 Å². The Kier molecular flexibility index (Phi) is 4.62. The van der Waals surface area contributed by atoms with Crippen LogP contribution in [-0.2, 0) is 0 Å². The van der Waals surface area contributed by atoms with E-state index in [2.05, 4.69) is 22.0 Å². The van der Waals surface area contributed by atoms with Gasteiger partial charge in [0.1, 0.15) is 0 Å². The highest BCUT2D eigenvalue weighted by Gasteiger charge is 2.31. The van der Waals surface area contributed by atoms with Crippen molar-refractivity contribution in [2.75, 3.05) is 39.8 Å². The molecule has 1 heterocycles. The maximum absolute atomic E-state index is 3.23. The third-order valence-corrected chi connectivity index (χ3v) is 4.08. The van der Waals surface area contributed by atoms with Gasteiger partial charge in [-0.05, 0) is 46.2 Å². The van der Waals surface area contributed by atoms with E-state index in [0.717, 1.165) is 18.6 Å². The van der Waals surface area contributed by atoms with Crippen molar-refractivity contribution in [3.8, 4) is 0 Å². The molecule has 1 aliphatic heterocycles. The maximum Gasteiger partial charge on any atom is 0.0113 e. The number of hydrogen-bond acceptors (Lipinski definition) is 3. The zero-order chi connectivity index (χ0) is 11.4. The molecule has 2 rings (SSSR count). The largest absolute Gasteiger partial charge is 0.320 e. The standard InChI is InChI=1S/C13H27N3/c1-12(4-3-7-14-2)15-8-10-16(11-9-15)13-5-6-13/h12-14H,3-11H2,1-2H3. The van der Waals surface area contributed by atoms with Gasteiger partial charge in [0, 0.05) is 38.3 Å². The number of hydrogen-bond donors (Lipinski definition) is 1. The van der Waals surface area contributed by atoms with Gasteiger partial charge in [0.05, 0.1) is 0 Å². The molecular formula is C13H27N3. The number of nitrogens with zero attached hydrogens (tertiary/aromatic N) is 2. The SMILES string of the molecule is CNCCCC(C)N1CCN(C2CC2)CC1. The summed E-state index contributed by atoms with van der Waals surface area (Å²) >= 11 is 0. The van der Waals surface area contributed by atoms with Crippen molar-refractivity contribution in [1.29, 1.82) is 0 Å². The van der Waals surface area contributed by atoms with E-state index in [-0.39, 0.29) is 0 Å². The van der Waals surface area contributed by atoms with Gasteiger partial charge in [-0.1, -0.05) is 0 Å². The quantitative estimate of drug-likeness (QED) is 0.684. The predicted molar refractivity (Wildman–Crippen MR) is 68.8 cm³/mol. The third kappa shape index (κ3) is 3.44. The van der Waals surface area contributed by atoms with Crippen LogP contribution in [0.2, 0.25) is 0 Å². The first-order chi connectivity index (χ1) is 7.81. The second-order valence-corrected chi connectivity index (χ2v) is 5.40. The molecule has 3 nitrogen and oxygen atoms in total. The third-order valence-electron chi connectivity index (χ3n) is 4.08. The molecule has 0 bridgehead atoms. The van der Waals surface area contributed by atoms with Gasteiger partial charge >= 0.3 is 0 Å². The van der Waals surface area contributed by atoms with Crippen LogP contribution in [0.25, 0.3) is 0 Å². The number of rotatable bonds is 6. The van der Waals surface area contributed by atoms with E-state index in [9.17, 15) is 0 Å². The summed E-state index contributed by atoms with van der Waals surface area (Å²) in [5.41, 5.74) is 0. The average Bonchev–Trinajstić information content (AvgIpc) is 3.13. The van der Waals surface area contributed by atoms with Crippen LogP contribution in [0, 0.1) is 0 Å². The monoisotopic (exact) mass is 225 g/mol. The second kappa shape index (κ2) is 5.99. The molecule has 0 aromatic heterocycles. The fourth-order valence-corrected chi connectivity index (χ4v) is 2.74. The van der Waals surface area contributed by atoms with Crippen LogP contribution < -0.4 is 5.32 Å². The smallest absolute Gasteiger partial charge is 0.0113 e. The van der Waals surface area contributed by atoms with Crippen LogP contribution in [-0.4, -0.2) is 61.7 Å². The van der Waals surface area contributed by atoms with Crippen molar-refractivity contribution in [3.05, 3.63) is 0 Å². The lowest BCUT2D eigenvalue weighted by molar-refractivity contribution is 0.0935. The summed E-state index contributed by atoms with van der Waals surface area (Å²) < 4.78 is 0. The Balaban J connectivity index is 1.62. The van der Waals surface area contributed by atoms with Crippen molar-refractivity contribution >= 4 is 0 Å². The summed E-state index contributed by atoms with van der Waals surface area (Å²) in [6, 6.07) is 1.73.